The van der Waals surface area contributed by atoms with E-state index in [0.29, 0.717) is 44.0 Å². The molecule has 0 atom stereocenters. The number of benzene rings is 2. The van der Waals surface area contributed by atoms with Crippen molar-refractivity contribution in [2.24, 2.45) is 0 Å². The number of carbonyl (C=O) groups excluding carboxylic acids is 2. The monoisotopic (exact) mass is 509 g/mol. The molecule has 3 amide bonds. The zero-order chi connectivity index (χ0) is 26.1. The van der Waals surface area contributed by atoms with E-state index in [1.807, 2.05) is 54.6 Å². The lowest BCUT2D eigenvalue weighted by atomic mass is 9.86. The van der Waals surface area contributed by atoms with E-state index in [4.69, 9.17) is 4.74 Å². The first-order chi connectivity index (χ1) is 18.6. The molecule has 4 heterocycles. The first-order valence-electron chi connectivity index (χ1n) is 12.5. The Morgan fingerprint density at radius 3 is 2.34 bits per heavy atom. The van der Waals surface area contributed by atoms with E-state index in [-0.39, 0.29) is 11.9 Å². The van der Waals surface area contributed by atoms with Crippen molar-refractivity contribution in [3.05, 3.63) is 85.1 Å². The minimum absolute atomic E-state index is 0.158. The van der Waals surface area contributed by atoms with Gasteiger partial charge in [-0.3, -0.25) is 9.69 Å². The van der Waals surface area contributed by atoms with Crippen molar-refractivity contribution in [1.82, 2.24) is 24.8 Å². The molecule has 0 aliphatic carbocycles. The normalized spacial score (nSPS) is 17.4. The van der Waals surface area contributed by atoms with E-state index in [0.717, 1.165) is 17.0 Å². The molecule has 38 heavy (non-hydrogen) atoms. The predicted molar refractivity (Wildman–Crippen MR) is 142 cm³/mol. The smallest absolute Gasteiger partial charge is 0.339 e. The van der Waals surface area contributed by atoms with Crippen LogP contribution >= 0.6 is 0 Å². The molecule has 0 unspecified atom stereocenters. The Labute approximate surface area is 219 Å². The average Bonchev–Trinajstić information content (AvgIpc) is 3.55. The molecule has 0 bridgehead atoms. The maximum Gasteiger partial charge on any atom is 0.339 e. The van der Waals surface area contributed by atoms with Gasteiger partial charge < -0.3 is 9.72 Å². The zero-order valence-corrected chi connectivity index (χ0v) is 20.9. The van der Waals surface area contributed by atoms with Gasteiger partial charge in [-0.15, -0.1) is 0 Å². The van der Waals surface area contributed by atoms with Gasteiger partial charge in [0.05, 0.1) is 19.3 Å². The van der Waals surface area contributed by atoms with Gasteiger partial charge in [0.15, 0.2) is 0 Å². The molecule has 2 fully saturated rings. The van der Waals surface area contributed by atoms with Gasteiger partial charge in [0.2, 0.25) is 11.8 Å². The number of urea groups is 1. The van der Waals surface area contributed by atoms with Crippen LogP contribution in [0, 0.1) is 0 Å². The van der Waals surface area contributed by atoms with Gasteiger partial charge in [-0.2, -0.15) is 4.98 Å². The van der Waals surface area contributed by atoms with Crippen LogP contribution in [0.3, 0.4) is 0 Å². The van der Waals surface area contributed by atoms with Crippen molar-refractivity contribution < 1.29 is 14.3 Å². The molecule has 2 aromatic heterocycles. The van der Waals surface area contributed by atoms with Gasteiger partial charge >= 0.3 is 6.03 Å². The number of imide groups is 1. The van der Waals surface area contributed by atoms with Crippen molar-refractivity contribution in [1.29, 1.82) is 0 Å². The lowest BCUT2D eigenvalue weighted by molar-refractivity contribution is -0.123. The number of anilines is 2. The zero-order valence-electron chi connectivity index (χ0n) is 20.9. The maximum absolute atomic E-state index is 14.1. The van der Waals surface area contributed by atoms with Crippen molar-refractivity contribution >= 4 is 23.6 Å². The van der Waals surface area contributed by atoms with E-state index in [1.54, 1.807) is 18.5 Å². The Morgan fingerprint density at radius 2 is 1.66 bits per heavy atom. The molecule has 6 rings (SSSR count). The van der Waals surface area contributed by atoms with Crippen LogP contribution < -0.4 is 14.5 Å². The molecule has 10 nitrogen and oxygen atoms in total. The summed E-state index contributed by atoms with van der Waals surface area (Å²) in [7, 11) is 1.51. The summed E-state index contributed by atoms with van der Waals surface area (Å²) in [5.74, 6) is 1.08. The summed E-state index contributed by atoms with van der Waals surface area (Å²) in [5, 5.41) is 0. The number of aromatic nitrogens is 4. The van der Waals surface area contributed by atoms with Crippen molar-refractivity contribution in [3.63, 3.8) is 0 Å². The molecular formula is C28H27N7O3. The number of rotatable bonds is 6. The first kappa shape index (κ1) is 23.8. The Hall–Kier alpha value is -4.57. The minimum atomic E-state index is -1.10. The summed E-state index contributed by atoms with van der Waals surface area (Å²) in [5.41, 5.74) is 1.48. The van der Waals surface area contributed by atoms with Crippen LogP contribution in [-0.2, 0) is 11.3 Å². The van der Waals surface area contributed by atoms with Crippen molar-refractivity contribution in [3.8, 4) is 17.0 Å². The Morgan fingerprint density at radius 1 is 0.921 bits per heavy atom. The fourth-order valence-corrected chi connectivity index (χ4v) is 5.28. The van der Waals surface area contributed by atoms with E-state index in [2.05, 4.69) is 24.8 Å². The van der Waals surface area contributed by atoms with Crippen LogP contribution in [0.1, 0.15) is 18.7 Å². The molecule has 1 spiro atoms. The Kier molecular flexibility index (Phi) is 6.09. The third-order valence-electron chi connectivity index (χ3n) is 7.28. The fraction of sp³-hybridized carbons (Fsp3) is 0.250. The van der Waals surface area contributed by atoms with E-state index in [9.17, 15) is 9.59 Å². The molecule has 0 saturated carbocycles. The van der Waals surface area contributed by atoms with Gasteiger partial charge in [0, 0.05) is 37.7 Å². The van der Waals surface area contributed by atoms with Crippen LogP contribution in [0.2, 0.25) is 0 Å². The molecule has 1 N–H and O–H groups in total. The minimum Gasteiger partial charge on any atom is -0.481 e. The molecule has 2 saturated heterocycles. The lowest BCUT2D eigenvalue weighted by Gasteiger charge is -2.40. The molecule has 2 aromatic carbocycles. The maximum atomic E-state index is 14.1. The second-order valence-corrected chi connectivity index (χ2v) is 9.41. The predicted octanol–water partition coefficient (Wildman–Crippen LogP) is 3.88. The number of nitrogens with zero attached hydrogens (tertiary/aromatic N) is 6. The highest BCUT2D eigenvalue weighted by molar-refractivity contribution is 6.30. The van der Waals surface area contributed by atoms with Crippen LogP contribution in [-0.4, -0.2) is 62.5 Å². The summed E-state index contributed by atoms with van der Waals surface area (Å²) in [6.07, 6.45) is 5.94. The SMILES string of the molecule is COc1ccnc(N2C(=O)N(c3ccc(-c4ccccc4)cc3)C(=O)C23CCN(Cc2ncc[nH]2)CC3)n1. The number of piperidine rings is 1. The van der Waals surface area contributed by atoms with Crippen LogP contribution in [0.25, 0.3) is 11.1 Å². The number of likely N-dealkylation sites (tertiary alicyclic amines) is 1. The number of carbonyl (C=O) groups is 2. The number of hydrogen-bond donors (Lipinski definition) is 1. The third kappa shape index (κ3) is 4.08. The third-order valence-corrected chi connectivity index (χ3v) is 7.28. The molecule has 10 heteroatoms. The summed E-state index contributed by atoms with van der Waals surface area (Å²) in [6, 6.07) is 18.6. The molecule has 0 radical (unpaired) electrons. The van der Waals surface area contributed by atoms with Crippen molar-refractivity contribution in [2.45, 2.75) is 24.9 Å². The summed E-state index contributed by atoms with van der Waals surface area (Å²) >= 11 is 0. The standard InChI is InChI=1S/C28H27N7O3/c1-38-24-11-14-31-26(32-24)35-27(37)34(22-9-7-21(8-10-22)20-5-3-2-4-6-20)25(36)28(35)12-17-33(18-13-28)19-23-29-15-16-30-23/h2-11,14-16H,12-13,17-19H2,1H3,(H,29,30). The quantitative estimate of drug-likeness (QED) is 0.393. The number of aromatic amines is 1. The highest BCUT2D eigenvalue weighted by Crippen LogP contribution is 2.42. The van der Waals surface area contributed by atoms with Crippen molar-refractivity contribution in [2.75, 3.05) is 30.0 Å². The number of hydrogen-bond acceptors (Lipinski definition) is 7. The first-order valence-corrected chi connectivity index (χ1v) is 12.5. The Bertz CT molecular complexity index is 1430. The molecule has 2 aliphatic rings. The van der Waals surface area contributed by atoms with E-state index in [1.165, 1.54) is 23.1 Å². The number of methoxy groups -OCH3 is 1. The highest BCUT2D eigenvalue weighted by Gasteiger charge is 2.60. The summed E-state index contributed by atoms with van der Waals surface area (Å²) < 4.78 is 5.29. The highest BCUT2D eigenvalue weighted by atomic mass is 16.5. The lowest BCUT2D eigenvalue weighted by Crippen LogP contribution is -2.57. The second-order valence-electron chi connectivity index (χ2n) is 9.41. The van der Waals surface area contributed by atoms with Gasteiger partial charge in [-0.05, 0) is 36.1 Å². The average molecular weight is 510 g/mol. The topological polar surface area (TPSA) is 108 Å². The van der Waals surface area contributed by atoms with E-state index < -0.39 is 11.6 Å². The van der Waals surface area contributed by atoms with Gasteiger partial charge in [0.25, 0.3) is 5.91 Å². The fourth-order valence-electron chi connectivity index (χ4n) is 5.28. The number of imidazole rings is 1. The van der Waals surface area contributed by atoms with Gasteiger partial charge in [-0.25, -0.2) is 24.6 Å². The molecular weight excluding hydrogens is 482 g/mol. The molecule has 4 aromatic rings. The Balaban J connectivity index is 1.34. The summed E-state index contributed by atoms with van der Waals surface area (Å²) in [4.78, 5) is 49.3. The van der Waals surface area contributed by atoms with Gasteiger partial charge in [-0.1, -0.05) is 42.5 Å². The summed E-state index contributed by atoms with van der Waals surface area (Å²) in [6.45, 7) is 1.87. The van der Waals surface area contributed by atoms with Gasteiger partial charge in [0.1, 0.15) is 11.4 Å². The number of nitrogens with one attached hydrogen (secondary N) is 1. The van der Waals surface area contributed by atoms with Crippen LogP contribution in [0.15, 0.2) is 79.3 Å². The van der Waals surface area contributed by atoms with Crippen LogP contribution in [0.4, 0.5) is 16.4 Å². The molecule has 2 aliphatic heterocycles. The van der Waals surface area contributed by atoms with E-state index >= 15 is 0 Å². The number of ether oxygens (including phenoxy) is 1. The second kappa shape index (κ2) is 9.71. The number of amides is 3. The number of H-pyrrole nitrogens is 1. The molecule has 192 valence electrons. The van der Waals surface area contributed by atoms with Crippen LogP contribution in [0.5, 0.6) is 5.88 Å². The largest absolute Gasteiger partial charge is 0.481 e.